The minimum Gasteiger partial charge on any atom is -0.460 e. The van der Waals surface area contributed by atoms with Gasteiger partial charge in [-0.15, -0.1) is 0 Å². The molecule has 0 heterocycles. The van der Waals surface area contributed by atoms with Gasteiger partial charge in [-0.1, -0.05) is 29.8 Å². The summed E-state index contributed by atoms with van der Waals surface area (Å²) in [5.41, 5.74) is 0.563. The van der Waals surface area contributed by atoms with Crippen molar-refractivity contribution in [3.63, 3.8) is 0 Å². The fourth-order valence-electron chi connectivity index (χ4n) is 1.29. The first-order chi connectivity index (χ1) is 7.02. The van der Waals surface area contributed by atoms with Gasteiger partial charge in [-0.3, -0.25) is 4.79 Å². The molecule has 4 heteroatoms. The molecular formula is C11H13ClO3. The van der Waals surface area contributed by atoms with Crippen LogP contribution in [-0.4, -0.2) is 17.2 Å². The number of rotatable bonds is 3. The van der Waals surface area contributed by atoms with Crippen molar-refractivity contribution in [2.24, 2.45) is 0 Å². The summed E-state index contributed by atoms with van der Waals surface area (Å²) in [6.45, 7) is 2.92. The van der Waals surface area contributed by atoms with Gasteiger partial charge in [0.2, 0.25) is 0 Å². The lowest BCUT2D eigenvalue weighted by Gasteiger charge is -2.19. The van der Waals surface area contributed by atoms with E-state index in [0.717, 1.165) is 0 Å². The summed E-state index contributed by atoms with van der Waals surface area (Å²) < 4.78 is 4.87. The first-order valence-electron chi connectivity index (χ1n) is 4.62. The van der Waals surface area contributed by atoms with Crippen molar-refractivity contribution in [1.82, 2.24) is 0 Å². The molecule has 0 saturated carbocycles. The van der Waals surface area contributed by atoms with Gasteiger partial charge in [0.25, 0.3) is 0 Å². The van der Waals surface area contributed by atoms with E-state index in [-0.39, 0.29) is 0 Å². The molecule has 0 aliphatic carbocycles. The van der Waals surface area contributed by atoms with E-state index in [9.17, 15) is 9.90 Å². The van der Waals surface area contributed by atoms with Crippen molar-refractivity contribution in [3.8, 4) is 0 Å². The molecule has 0 saturated heterocycles. The molecule has 1 rings (SSSR count). The van der Waals surface area contributed by atoms with Gasteiger partial charge >= 0.3 is 5.97 Å². The summed E-state index contributed by atoms with van der Waals surface area (Å²) in [6, 6.07) is 6.92. The molecule has 0 bridgehead atoms. The van der Waals surface area contributed by atoms with E-state index in [2.05, 4.69) is 0 Å². The van der Waals surface area contributed by atoms with E-state index in [0.29, 0.717) is 10.6 Å². The fourth-order valence-corrected chi connectivity index (χ4v) is 1.54. The number of aliphatic hydroxyl groups excluding tert-OH is 1. The highest BCUT2D eigenvalue weighted by Gasteiger charge is 2.20. The fraction of sp³-hybridized carbons (Fsp3) is 0.364. The Morgan fingerprint density at radius 2 is 2.07 bits per heavy atom. The molecule has 0 unspecified atom stereocenters. The molecule has 1 aromatic carbocycles. The molecule has 0 amide bonds. The standard InChI is InChI=1S/C11H13ClO3/c1-7(15-8(2)13)11(14)9-5-3-4-6-10(9)12/h3-7,11,14H,1-2H3/t7-,11+/m0/s1. The Morgan fingerprint density at radius 1 is 1.47 bits per heavy atom. The number of hydrogen-bond acceptors (Lipinski definition) is 3. The van der Waals surface area contributed by atoms with Gasteiger partial charge in [-0.25, -0.2) is 0 Å². The molecule has 0 aliphatic heterocycles. The number of carbonyl (C=O) groups excluding carboxylic acids is 1. The van der Waals surface area contributed by atoms with E-state index in [1.54, 1.807) is 31.2 Å². The summed E-state index contributed by atoms with van der Waals surface area (Å²) in [5.74, 6) is -0.423. The molecule has 3 nitrogen and oxygen atoms in total. The van der Waals surface area contributed by atoms with E-state index < -0.39 is 18.2 Å². The maximum absolute atomic E-state index is 10.7. The average molecular weight is 229 g/mol. The molecule has 15 heavy (non-hydrogen) atoms. The van der Waals surface area contributed by atoms with Gasteiger partial charge in [0.15, 0.2) is 0 Å². The van der Waals surface area contributed by atoms with Crippen LogP contribution in [0.25, 0.3) is 0 Å². The first kappa shape index (κ1) is 12.0. The Balaban J connectivity index is 2.80. The molecule has 1 N–H and O–H groups in total. The van der Waals surface area contributed by atoms with Crippen molar-refractivity contribution < 1.29 is 14.6 Å². The highest BCUT2D eigenvalue weighted by molar-refractivity contribution is 6.31. The molecule has 2 atom stereocenters. The third kappa shape index (κ3) is 3.22. The smallest absolute Gasteiger partial charge is 0.302 e. The van der Waals surface area contributed by atoms with Gasteiger partial charge in [0, 0.05) is 17.5 Å². The highest BCUT2D eigenvalue weighted by Crippen LogP contribution is 2.26. The summed E-state index contributed by atoms with van der Waals surface area (Å²) in [4.78, 5) is 10.7. The lowest BCUT2D eigenvalue weighted by Crippen LogP contribution is -2.21. The minimum absolute atomic E-state index is 0.423. The predicted molar refractivity (Wildman–Crippen MR) is 57.6 cm³/mol. The van der Waals surface area contributed by atoms with E-state index >= 15 is 0 Å². The predicted octanol–water partition coefficient (Wildman–Crippen LogP) is 2.33. The summed E-state index contributed by atoms with van der Waals surface area (Å²) in [5, 5.41) is 10.3. The highest BCUT2D eigenvalue weighted by atomic mass is 35.5. The molecule has 0 aromatic heterocycles. The quantitative estimate of drug-likeness (QED) is 0.808. The monoisotopic (exact) mass is 228 g/mol. The largest absolute Gasteiger partial charge is 0.460 e. The normalized spacial score (nSPS) is 14.4. The van der Waals surface area contributed by atoms with E-state index in [1.807, 2.05) is 0 Å². The van der Waals surface area contributed by atoms with Crippen molar-refractivity contribution in [3.05, 3.63) is 34.9 Å². The van der Waals surface area contributed by atoms with Crippen LogP contribution < -0.4 is 0 Å². The zero-order valence-corrected chi connectivity index (χ0v) is 9.36. The number of hydrogen-bond donors (Lipinski definition) is 1. The third-order valence-electron chi connectivity index (χ3n) is 2.02. The average Bonchev–Trinajstić information content (AvgIpc) is 2.16. The molecular weight excluding hydrogens is 216 g/mol. The number of esters is 1. The number of benzene rings is 1. The van der Waals surface area contributed by atoms with Crippen LogP contribution in [-0.2, 0) is 9.53 Å². The summed E-state index contributed by atoms with van der Waals surface area (Å²) in [6.07, 6.45) is -1.51. The zero-order chi connectivity index (χ0) is 11.4. The van der Waals surface area contributed by atoms with Gasteiger partial charge in [0.05, 0.1) is 0 Å². The van der Waals surface area contributed by atoms with Crippen molar-refractivity contribution in [1.29, 1.82) is 0 Å². The van der Waals surface area contributed by atoms with Crippen LogP contribution in [0.5, 0.6) is 0 Å². The zero-order valence-electron chi connectivity index (χ0n) is 8.61. The summed E-state index contributed by atoms with van der Waals surface area (Å²) >= 11 is 5.90. The van der Waals surface area contributed by atoms with Gasteiger partial charge in [-0.05, 0) is 13.0 Å². The van der Waals surface area contributed by atoms with Crippen LogP contribution >= 0.6 is 11.6 Å². The first-order valence-corrected chi connectivity index (χ1v) is 5.00. The van der Waals surface area contributed by atoms with Crippen molar-refractivity contribution >= 4 is 17.6 Å². The molecule has 0 fully saturated rings. The van der Waals surface area contributed by atoms with Crippen molar-refractivity contribution in [2.45, 2.75) is 26.1 Å². The summed E-state index contributed by atoms with van der Waals surface area (Å²) in [7, 11) is 0. The van der Waals surface area contributed by atoms with Crippen LogP contribution in [0.4, 0.5) is 0 Å². The molecule has 0 aliphatic rings. The van der Waals surface area contributed by atoms with Crippen LogP contribution in [0.1, 0.15) is 25.5 Å². The molecule has 1 aromatic rings. The van der Waals surface area contributed by atoms with E-state index in [1.165, 1.54) is 6.92 Å². The van der Waals surface area contributed by atoms with E-state index in [4.69, 9.17) is 16.3 Å². The van der Waals surface area contributed by atoms with Gasteiger partial charge in [0.1, 0.15) is 12.2 Å². The Morgan fingerprint density at radius 3 is 2.60 bits per heavy atom. The second kappa shape index (κ2) is 5.14. The number of aliphatic hydroxyl groups is 1. The minimum atomic E-state index is -0.900. The maximum Gasteiger partial charge on any atom is 0.302 e. The molecule has 0 spiro atoms. The number of carbonyl (C=O) groups is 1. The van der Waals surface area contributed by atoms with Gasteiger partial charge < -0.3 is 9.84 Å². The third-order valence-corrected chi connectivity index (χ3v) is 2.36. The number of halogens is 1. The Hall–Kier alpha value is -1.06. The lowest BCUT2D eigenvalue weighted by atomic mass is 10.1. The van der Waals surface area contributed by atoms with Crippen LogP contribution in [0.2, 0.25) is 5.02 Å². The molecule has 82 valence electrons. The lowest BCUT2D eigenvalue weighted by molar-refractivity contribution is -0.151. The van der Waals surface area contributed by atoms with Crippen LogP contribution in [0.15, 0.2) is 24.3 Å². The van der Waals surface area contributed by atoms with Gasteiger partial charge in [-0.2, -0.15) is 0 Å². The second-order valence-corrected chi connectivity index (χ2v) is 3.69. The SMILES string of the molecule is CC(=O)O[C@@H](C)[C@@H](O)c1ccccc1Cl. The Bertz CT molecular complexity index is 351. The molecule has 0 radical (unpaired) electrons. The van der Waals surface area contributed by atoms with Crippen LogP contribution in [0, 0.1) is 0 Å². The Labute approximate surface area is 93.6 Å². The number of ether oxygens (including phenoxy) is 1. The van der Waals surface area contributed by atoms with Crippen molar-refractivity contribution in [2.75, 3.05) is 0 Å². The maximum atomic E-state index is 10.7. The topological polar surface area (TPSA) is 46.5 Å². The van der Waals surface area contributed by atoms with Crippen LogP contribution in [0.3, 0.4) is 0 Å². The Kier molecular flexibility index (Phi) is 4.12. The second-order valence-electron chi connectivity index (χ2n) is 3.28.